The van der Waals surface area contributed by atoms with Crippen molar-refractivity contribution in [3.05, 3.63) is 105 Å². The van der Waals surface area contributed by atoms with E-state index in [9.17, 15) is 19.2 Å². The van der Waals surface area contributed by atoms with Crippen LogP contribution in [-0.2, 0) is 22.7 Å². The fourth-order valence-corrected chi connectivity index (χ4v) is 6.49. The highest BCUT2D eigenvalue weighted by Gasteiger charge is 2.21. The molecule has 2 fully saturated rings. The van der Waals surface area contributed by atoms with E-state index in [2.05, 4.69) is 38.2 Å². The Hall–Kier alpha value is -5.20. The predicted molar refractivity (Wildman–Crippen MR) is 178 cm³/mol. The molecule has 6 heterocycles. The standard InChI is InChI=1S/C35H36N8O4/c1-21-28(22-9-11-42-30(13-22)38-17-24(34(42)46)15-36-19-26-5-7-32(44)40-26)3-2-4-29(21)23-10-12-43-31(14-23)39-18-25(35(43)47)16-37-20-27-6-8-33(45)41-27/h2-4,9-14,17-18,26-27,36-37H,5-8,15-16,19-20H2,1H3,(H,40,44)(H,41,45)/t26-,27-/m0/s1. The molecular formula is C35H36N8O4. The molecule has 0 radical (unpaired) electrons. The molecule has 7 rings (SSSR count). The third-order valence-electron chi connectivity index (χ3n) is 9.10. The van der Waals surface area contributed by atoms with Gasteiger partial charge < -0.3 is 21.3 Å². The molecule has 2 aliphatic rings. The summed E-state index contributed by atoms with van der Waals surface area (Å²) in [7, 11) is 0. The van der Waals surface area contributed by atoms with Crippen molar-refractivity contribution < 1.29 is 9.59 Å². The normalized spacial score (nSPS) is 17.8. The molecule has 12 nitrogen and oxygen atoms in total. The van der Waals surface area contributed by atoms with Crippen LogP contribution in [-0.4, -0.2) is 55.8 Å². The number of nitrogens with one attached hydrogen (secondary N) is 4. The maximum absolute atomic E-state index is 13.2. The molecule has 1 aromatic carbocycles. The summed E-state index contributed by atoms with van der Waals surface area (Å²) in [5.74, 6) is 0.137. The van der Waals surface area contributed by atoms with E-state index in [0.29, 0.717) is 61.4 Å². The van der Waals surface area contributed by atoms with Crippen LogP contribution in [0.4, 0.5) is 0 Å². The van der Waals surface area contributed by atoms with Crippen molar-refractivity contribution in [1.29, 1.82) is 0 Å². The lowest BCUT2D eigenvalue weighted by atomic mass is 9.93. The highest BCUT2D eigenvalue weighted by atomic mass is 16.2. The van der Waals surface area contributed by atoms with Crippen LogP contribution in [0.15, 0.2) is 76.8 Å². The van der Waals surface area contributed by atoms with Gasteiger partial charge in [0, 0.05) is 87.0 Å². The van der Waals surface area contributed by atoms with Gasteiger partial charge in [-0.1, -0.05) is 18.2 Å². The number of carbonyl (C=O) groups excluding carboxylic acids is 2. The molecule has 0 unspecified atom stereocenters. The van der Waals surface area contributed by atoms with Crippen LogP contribution in [0.25, 0.3) is 33.5 Å². The Morgan fingerprint density at radius 3 is 1.62 bits per heavy atom. The van der Waals surface area contributed by atoms with Crippen LogP contribution in [0.5, 0.6) is 0 Å². The summed E-state index contributed by atoms with van der Waals surface area (Å²) in [5, 5.41) is 12.4. The molecule has 2 aliphatic heterocycles. The van der Waals surface area contributed by atoms with Crippen molar-refractivity contribution in [1.82, 2.24) is 40.0 Å². The minimum absolute atomic E-state index is 0.0687. The van der Waals surface area contributed by atoms with E-state index < -0.39 is 0 Å². The maximum Gasteiger partial charge on any atom is 0.262 e. The highest BCUT2D eigenvalue weighted by molar-refractivity contribution is 5.80. The summed E-state index contributed by atoms with van der Waals surface area (Å²) in [4.78, 5) is 58.4. The summed E-state index contributed by atoms with van der Waals surface area (Å²) >= 11 is 0. The number of hydrogen-bond acceptors (Lipinski definition) is 8. The van der Waals surface area contributed by atoms with Crippen LogP contribution < -0.4 is 32.4 Å². The number of aromatic nitrogens is 4. The van der Waals surface area contributed by atoms with E-state index in [0.717, 1.165) is 40.7 Å². The van der Waals surface area contributed by atoms with Gasteiger partial charge in [-0.2, -0.15) is 0 Å². The molecule has 2 atom stereocenters. The summed E-state index contributed by atoms with van der Waals surface area (Å²) < 4.78 is 3.11. The van der Waals surface area contributed by atoms with Crippen LogP contribution in [0, 0.1) is 6.92 Å². The fraction of sp³-hybridized carbons (Fsp3) is 0.314. The molecule has 2 saturated heterocycles. The molecule has 0 saturated carbocycles. The second-order valence-electron chi connectivity index (χ2n) is 12.3. The van der Waals surface area contributed by atoms with E-state index in [4.69, 9.17) is 0 Å². The van der Waals surface area contributed by atoms with E-state index in [1.54, 1.807) is 33.6 Å². The average molecular weight is 633 g/mol. The Labute approximate surface area is 270 Å². The fourth-order valence-electron chi connectivity index (χ4n) is 6.49. The number of rotatable bonds is 10. The summed E-state index contributed by atoms with van der Waals surface area (Å²) in [5.41, 5.74) is 6.90. The van der Waals surface area contributed by atoms with Gasteiger partial charge in [-0.05, 0) is 71.8 Å². The molecule has 0 bridgehead atoms. The summed E-state index contributed by atoms with van der Waals surface area (Å²) in [6.45, 7) is 4.01. The van der Waals surface area contributed by atoms with Gasteiger partial charge in [0.2, 0.25) is 11.8 Å². The van der Waals surface area contributed by atoms with Crippen molar-refractivity contribution in [2.45, 2.75) is 57.8 Å². The van der Waals surface area contributed by atoms with Gasteiger partial charge in [0.1, 0.15) is 11.3 Å². The van der Waals surface area contributed by atoms with Crippen molar-refractivity contribution in [2.75, 3.05) is 13.1 Å². The zero-order chi connectivity index (χ0) is 32.5. The first kappa shape index (κ1) is 30.5. The van der Waals surface area contributed by atoms with Gasteiger partial charge in [0.05, 0.1) is 0 Å². The van der Waals surface area contributed by atoms with Crippen LogP contribution in [0.3, 0.4) is 0 Å². The first-order valence-electron chi connectivity index (χ1n) is 15.9. The Morgan fingerprint density at radius 1 is 0.723 bits per heavy atom. The largest absolute Gasteiger partial charge is 0.352 e. The summed E-state index contributed by atoms with van der Waals surface area (Å²) in [6.07, 6.45) is 9.43. The zero-order valence-corrected chi connectivity index (χ0v) is 26.1. The number of hydrogen-bond donors (Lipinski definition) is 4. The molecule has 12 heteroatoms. The van der Waals surface area contributed by atoms with Crippen LogP contribution in [0.2, 0.25) is 0 Å². The Kier molecular flexibility index (Phi) is 8.35. The predicted octanol–water partition coefficient (Wildman–Crippen LogP) is 2.08. The van der Waals surface area contributed by atoms with E-state index >= 15 is 0 Å². The van der Waals surface area contributed by atoms with Gasteiger partial charge >= 0.3 is 0 Å². The molecular weight excluding hydrogens is 596 g/mol. The van der Waals surface area contributed by atoms with Crippen LogP contribution >= 0.6 is 0 Å². The second kappa shape index (κ2) is 12.9. The topological polar surface area (TPSA) is 151 Å². The monoisotopic (exact) mass is 632 g/mol. The first-order chi connectivity index (χ1) is 22.8. The lowest BCUT2D eigenvalue weighted by Gasteiger charge is -2.14. The molecule has 4 N–H and O–H groups in total. The quantitative estimate of drug-likeness (QED) is 0.183. The van der Waals surface area contributed by atoms with Gasteiger partial charge in [0.15, 0.2) is 0 Å². The third-order valence-corrected chi connectivity index (χ3v) is 9.10. The van der Waals surface area contributed by atoms with Gasteiger partial charge in [0.25, 0.3) is 11.1 Å². The SMILES string of the molecule is Cc1c(-c2ccn3c(=O)c(CNC[C@@H]4CCC(=O)N4)cnc3c2)cccc1-c1ccn2c(=O)c(CNC[C@@H]3CCC(=O)N3)cnc2c1. The molecule has 4 aromatic heterocycles. The van der Waals surface area contributed by atoms with Crippen molar-refractivity contribution in [2.24, 2.45) is 0 Å². The smallest absolute Gasteiger partial charge is 0.262 e. The van der Waals surface area contributed by atoms with E-state index in [1.165, 1.54) is 0 Å². The van der Waals surface area contributed by atoms with Gasteiger partial charge in [-0.25, -0.2) is 9.97 Å². The summed E-state index contributed by atoms with van der Waals surface area (Å²) in [6, 6.07) is 13.9. The van der Waals surface area contributed by atoms with Gasteiger partial charge in [-0.3, -0.25) is 28.0 Å². The third kappa shape index (κ3) is 6.29. The molecule has 5 aromatic rings. The van der Waals surface area contributed by atoms with Crippen LogP contribution in [0.1, 0.15) is 42.4 Å². The lowest BCUT2D eigenvalue weighted by molar-refractivity contribution is -0.120. The number of benzene rings is 1. The van der Waals surface area contributed by atoms with E-state index in [1.807, 2.05) is 42.5 Å². The first-order valence-corrected chi connectivity index (χ1v) is 15.9. The van der Waals surface area contributed by atoms with Crippen molar-refractivity contribution in [3.8, 4) is 22.3 Å². The van der Waals surface area contributed by atoms with E-state index in [-0.39, 0.29) is 35.0 Å². The molecule has 47 heavy (non-hydrogen) atoms. The number of nitrogens with zero attached hydrogens (tertiary/aromatic N) is 4. The Bertz CT molecular complexity index is 1990. The molecule has 0 aliphatic carbocycles. The number of carbonyl (C=O) groups is 2. The van der Waals surface area contributed by atoms with Crippen molar-refractivity contribution in [3.63, 3.8) is 0 Å². The Balaban J connectivity index is 1.09. The Morgan fingerprint density at radius 2 is 1.19 bits per heavy atom. The number of fused-ring (bicyclic) bond motifs is 2. The number of amides is 2. The number of pyridine rings is 2. The lowest BCUT2D eigenvalue weighted by Crippen LogP contribution is -2.36. The highest BCUT2D eigenvalue weighted by Crippen LogP contribution is 2.32. The second-order valence-corrected chi connectivity index (χ2v) is 12.3. The average Bonchev–Trinajstić information content (AvgIpc) is 3.69. The molecule has 0 spiro atoms. The van der Waals surface area contributed by atoms with Gasteiger partial charge in [-0.15, -0.1) is 0 Å². The van der Waals surface area contributed by atoms with Crippen molar-refractivity contribution >= 4 is 23.1 Å². The minimum Gasteiger partial charge on any atom is -0.352 e. The molecule has 2 amide bonds. The minimum atomic E-state index is -0.130. The maximum atomic E-state index is 13.2. The molecule has 240 valence electrons. The zero-order valence-electron chi connectivity index (χ0n) is 26.1.